The fourth-order valence-corrected chi connectivity index (χ4v) is 2.18. The van der Waals surface area contributed by atoms with E-state index in [0.29, 0.717) is 16.6 Å². The number of hydrogen-bond donors (Lipinski definition) is 0. The van der Waals surface area contributed by atoms with Gasteiger partial charge in [-0.25, -0.2) is 13.8 Å². The number of nitrogens with zero attached hydrogens (tertiary/aromatic N) is 2. The smallest absolute Gasteiger partial charge is 0.258 e. The Morgan fingerprint density at radius 3 is 2.57 bits per heavy atom. The number of non-ortho nitro benzene ring substituents is 1. The summed E-state index contributed by atoms with van der Waals surface area (Å²) >= 11 is 0. The molecular formula is C17H10F2N2O2. The Balaban J connectivity index is 2.00. The lowest BCUT2D eigenvalue weighted by molar-refractivity contribution is -0.383. The van der Waals surface area contributed by atoms with Gasteiger partial charge in [0.1, 0.15) is 5.52 Å². The molecular weight excluding hydrogens is 302 g/mol. The molecule has 0 aliphatic heterocycles. The Bertz CT molecular complexity index is 939. The zero-order valence-electron chi connectivity index (χ0n) is 11.7. The number of pyridine rings is 1. The third kappa shape index (κ3) is 3.06. The van der Waals surface area contributed by atoms with E-state index in [4.69, 9.17) is 0 Å². The zero-order chi connectivity index (χ0) is 16.4. The first-order valence-corrected chi connectivity index (χ1v) is 6.72. The Morgan fingerprint density at radius 2 is 1.83 bits per heavy atom. The van der Waals surface area contributed by atoms with E-state index in [1.54, 1.807) is 36.4 Å². The summed E-state index contributed by atoms with van der Waals surface area (Å²) in [5, 5.41) is 11.7. The van der Waals surface area contributed by atoms with Gasteiger partial charge in [-0.3, -0.25) is 10.1 Å². The Hall–Kier alpha value is -3.15. The molecule has 3 rings (SSSR count). The van der Waals surface area contributed by atoms with Crippen LogP contribution in [0.2, 0.25) is 0 Å². The van der Waals surface area contributed by atoms with Crippen molar-refractivity contribution in [2.24, 2.45) is 0 Å². The van der Waals surface area contributed by atoms with E-state index in [1.165, 1.54) is 12.1 Å². The van der Waals surface area contributed by atoms with Gasteiger partial charge in [-0.05, 0) is 29.8 Å². The van der Waals surface area contributed by atoms with Crippen molar-refractivity contribution in [1.29, 1.82) is 0 Å². The maximum absolute atomic E-state index is 13.2. The number of fused-ring (bicyclic) bond motifs is 1. The van der Waals surface area contributed by atoms with Gasteiger partial charge in [0.15, 0.2) is 11.6 Å². The lowest BCUT2D eigenvalue weighted by Crippen LogP contribution is -1.92. The predicted molar refractivity (Wildman–Crippen MR) is 83.7 cm³/mol. The molecule has 0 atom stereocenters. The zero-order valence-corrected chi connectivity index (χ0v) is 11.7. The average Bonchev–Trinajstić information content (AvgIpc) is 2.55. The first-order valence-electron chi connectivity index (χ1n) is 6.72. The molecule has 6 heteroatoms. The van der Waals surface area contributed by atoms with Crippen molar-refractivity contribution in [2.45, 2.75) is 0 Å². The second kappa shape index (κ2) is 5.92. The number of rotatable bonds is 3. The van der Waals surface area contributed by atoms with Gasteiger partial charge < -0.3 is 0 Å². The van der Waals surface area contributed by atoms with E-state index < -0.39 is 16.6 Å². The normalized spacial score (nSPS) is 11.2. The molecule has 0 saturated carbocycles. The van der Waals surface area contributed by atoms with E-state index >= 15 is 0 Å². The first-order chi connectivity index (χ1) is 11.0. The molecule has 23 heavy (non-hydrogen) atoms. The van der Waals surface area contributed by atoms with E-state index in [-0.39, 0.29) is 11.2 Å². The standard InChI is InChI=1S/C17H10F2N2O2/c18-14-9-5-11(10-15(14)19)4-7-13-8-6-12-2-1-3-16(21(22)23)17(12)20-13/h1-10H/b7-4+. The van der Waals surface area contributed by atoms with Gasteiger partial charge in [0.05, 0.1) is 10.6 Å². The van der Waals surface area contributed by atoms with E-state index in [2.05, 4.69) is 4.98 Å². The fourth-order valence-electron chi connectivity index (χ4n) is 2.18. The lowest BCUT2D eigenvalue weighted by atomic mass is 10.1. The van der Waals surface area contributed by atoms with Gasteiger partial charge in [0, 0.05) is 11.5 Å². The topological polar surface area (TPSA) is 56.0 Å². The van der Waals surface area contributed by atoms with Gasteiger partial charge in [-0.1, -0.05) is 30.3 Å². The van der Waals surface area contributed by atoms with Crippen LogP contribution in [0.3, 0.4) is 0 Å². The van der Waals surface area contributed by atoms with E-state index in [0.717, 1.165) is 12.1 Å². The summed E-state index contributed by atoms with van der Waals surface area (Å²) in [6.45, 7) is 0. The molecule has 4 nitrogen and oxygen atoms in total. The molecule has 2 aromatic carbocycles. The minimum atomic E-state index is -0.936. The molecule has 0 aliphatic carbocycles. The second-order valence-corrected chi connectivity index (χ2v) is 4.85. The summed E-state index contributed by atoms with van der Waals surface area (Å²) in [4.78, 5) is 14.8. The molecule has 0 aliphatic rings. The number of hydrogen-bond acceptors (Lipinski definition) is 3. The van der Waals surface area contributed by atoms with Crippen LogP contribution in [0.4, 0.5) is 14.5 Å². The van der Waals surface area contributed by atoms with Crippen LogP contribution in [-0.2, 0) is 0 Å². The summed E-state index contributed by atoms with van der Waals surface area (Å²) in [5.41, 5.74) is 1.15. The van der Waals surface area contributed by atoms with Crippen LogP contribution >= 0.6 is 0 Å². The highest BCUT2D eigenvalue weighted by molar-refractivity contribution is 5.88. The van der Waals surface area contributed by atoms with Crippen molar-refractivity contribution in [2.75, 3.05) is 0 Å². The quantitative estimate of drug-likeness (QED) is 0.525. The van der Waals surface area contributed by atoms with Crippen LogP contribution in [0.1, 0.15) is 11.3 Å². The van der Waals surface area contributed by atoms with Crippen molar-refractivity contribution in [3.8, 4) is 0 Å². The summed E-state index contributed by atoms with van der Waals surface area (Å²) in [5.74, 6) is -1.85. The molecule has 1 aromatic heterocycles. The van der Waals surface area contributed by atoms with Crippen LogP contribution in [0.15, 0.2) is 48.5 Å². The van der Waals surface area contributed by atoms with Crippen molar-refractivity contribution < 1.29 is 13.7 Å². The van der Waals surface area contributed by atoms with Crippen molar-refractivity contribution in [3.05, 3.63) is 81.5 Å². The van der Waals surface area contributed by atoms with Crippen molar-refractivity contribution in [1.82, 2.24) is 4.98 Å². The van der Waals surface area contributed by atoms with Crippen molar-refractivity contribution >= 4 is 28.7 Å². The molecule has 0 fully saturated rings. The van der Waals surface area contributed by atoms with Gasteiger partial charge in [-0.15, -0.1) is 0 Å². The third-order valence-electron chi connectivity index (χ3n) is 3.31. The minimum absolute atomic E-state index is 0.0782. The first kappa shape index (κ1) is 14.8. The SMILES string of the molecule is O=[N+]([O-])c1cccc2ccc(/C=C/c3ccc(F)c(F)c3)nc12. The van der Waals surface area contributed by atoms with Crippen LogP contribution in [-0.4, -0.2) is 9.91 Å². The largest absolute Gasteiger partial charge is 0.295 e. The highest BCUT2D eigenvalue weighted by atomic mass is 19.2. The fraction of sp³-hybridized carbons (Fsp3) is 0. The number of benzene rings is 2. The van der Waals surface area contributed by atoms with Crippen LogP contribution < -0.4 is 0 Å². The number of nitro groups is 1. The van der Waals surface area contributed by atoms with E-state index in [9.17, 15) is 18.9 Å². The van der Waals surface area contributed by atoms with Crippen LogP contribution in [0.25, 0.3) is 23.1 Å². The molecule has 1 heterocycles. The minimum Gasteiger partial charge on any atom is -0.258 e. The summed E-state index contributed by atoms with van der Waals surface area (Å²) in [6.07, 6.45) is 3.15. The van der Waals surface area contributed by atoms with Gasteiger partial charge >= 0.3 is 0 Å². The molecule has 0 amide bonds. The number of aromatic nitrogens is 1. The summed E-state index contributed by atoms with van der Waals surface area (Å²) in [6, 6.07) is 11.7. The van der Waals surface area contributed by atoms with Crippen molar-refractivity contribution in [3.63, 3.8) is 0 Å². The third-order valence-corrected chi connectivity index (χ3v) is 3.31. The molecule has 0 saturated heterocycles. The molecule has 0 spiro atoms. The van der Waals surface area contributed by atoms with Gasteiger partial charge in [0.25, 0.3) is 5.69 Å². The molecule has 0 radical (unpaired) electrons. The number of para-hydroxylation sites is 1. The molecule has 3 aromatic rings. The van der Waals surface area contributed by atoms with E-state index in [1.807, 2.05) is 0 Å². The Labute approximate surface area is 129 Å². The Morgan fingerprint density at radius 1 is 1.00 bits per heavy atom. The van der Waals surface area contributed by atoms with Crippen LogP contribution in [0.5, 0.6) is 0 Å². The molecule has 114 valence electrons. The monoisotopic (exact) mass is 312 g/mol. The molecule has 0 bridgehead atoms. The average molecular weight is 312 g/mol. The summed E-state index contributed by atoms with van der Waals surface area (Å²) in [7, 11) is 0. The second-order valence-electron chi connectivity index (χ2n) is 4.85. The molecule has 0 unspecified atom stereocenters. The maximum atomic E-state index is 13.2. The maximum Gasteiger partial charge on any atom is 0.295 e. The van der Waals surface area contributed by atoms with Gasteiger partial charge in [-0.2, -0.15) is 0 Å². The predicted octanol–water partition coefficient (Wildman–Crippen LogP) is 4.59. The van der Waals surface area contributed by atoms with Crippen LogP contribution in [0, 0.1) is 21.7 Å². The Kier molecular flexibility index (Phi) is 3.80. The van der Waals surface area contributed by atoms with Gasteiger partial charge in [0.2, 0.25) is 0 Å². The summed E-state index contributed by atoms with van der Waals surface area (Å²) < 4.78 is 26.0. The number of nitro benzene ring substituents is 1. The lowest BCUT2D eigenvalue weighted by Gasteiger charge is -2.00. The highest BCUT2D eigenvalue weighted by Crippen LogP contribution is 2.24. The highest BCUT2D eigenvalue weighted by Gasteiger charge is 2.12. The number of halogens is 2. The molecule has 0 N–H and O–H groups in total.